The molecule has 1 aliphatic rings. The van der Waals surface area contributed by atoms with Gasteiger partial charge >= 0.3 is 6.18 Å². The minimum absolute atomic E-state index is 0.0979. The van der Waals surface area contributed by atoms with Gasteiger partial charge in [0.1, 0.15) is 0 Å². The summed E-state index contributed by atoms with van der Waals surface area (Å²) in [4.78, 5) is 26.4. The average Bonchev–Trinajstić information content (AvgIpc) is 2.73. The first-order chi connectivity index (χ1) is 14.7. The number of hydrogen-bond donors (Lipinski definition) is 2. The molecule has 166 valence electrons. The third-order valence-corrected chi connectivity index (χ3v) is 5.26. The molecule has 0 saturated carbocycles. The number of halogens is 3. The number of nitrogens with one attached hydrogen (secondary N) is 2. The van der Waals surface area contributed by atoms with Crippen LogP contribution in [0.3, 0.4) is 0 Å². The number of anilines is 2. The maximum Gasteiger partial charge on any atom is 0.416 e. The van der Waals surface area contributed by atoms with Crippen LogP contribution in [0.2, 0.25) is 0 Å². The second-order valence-electron chi connectivity index (χ2n) is 7.69. The quantitative estimate of drug-likeness (QED) is 0.681. The molecule has 1 saturated heterocycles. The normalized spacial score (nSPS) is 15.3. The Kier molecular flexibility index (Phi) is 7.20. The van der Waals surface area contributed by atoms with Crippen molar-refractivity contribution >= 4 is 23.2 Å². The summed E-state index contributed by atoms with van der Waals surface area (Å²) in [5, 5.41) is 5.40. The van der Waals surface area contributed by atoms with E-state index in [2.05, 4.69) is 10.6 Å². The van der Waals surface area contributed by atoms with E-state index in [-0.39, 0.29) is 18.0 Å². The highest BCUT2D eigenvalue weighted by Gasteiger charge is 2.32. The van der Waals surface area contributed by atoms with Crippen molar-refractivity contribution in [3.63, 3.8) is 0 Å². The second kappa shape index (κ2) is 9.85. The zero-order chi connectivity index (χ0) is 22.4. The molecule has 0 spiro atoms. The molecular weight excluding hydrogens is 407 g/mol. The van der Waals surface area contributed by atoms with Crippen molar-refractivity contribution in [2.45, 2.75) is 44.8 Å². The summed E-state index contributed by atoms with van der Waals surface area (Å²) in [6.45, 7) is 2.81. The number of piperidine rings is 1. The summed E-state index contributed by atoms with van der Waals surface area (Å²) < 4.78 is 39.8. The Morgan fingerprint density at radius 1 is 1.03 bits per heavy atom. The lowest BCUT2D eigenvalue weighted by atomic mass is 10.0. The van der Waals surface area contributed by atoms with Crippen LogP contribution in [0.15, 0.2) is 48.5 Å². The van der Waals surface area contributed by atoms with Gasteiger partial charge in [0.05, 0.1) is 29.4 Å². The summed E-state index contributed by atoms with van der Waals surface area (Å²) in [6, 6.07) is 11.9. The molecule has 2 aromatic carbocycles. The Hall–Kier alpha value is -3.03. The molecule has 2 amide bonds. The highest BCUT2D eigenvalue weighted by atomic mass is 19.4. The smallest absolute Gasteiger partial charge is 0.370 e. The first kappa shape index (κ1) is 22.7. The second-order valence-corrected chi connectivity index (χ2v) is 7.69. The Morgan fingerprint density at radius 2 is 1.71 bits per heavy atom. The number of amides is 2. The van der Waals surface area contributed by atoms with Crippen molar-refractivity contribution in [1.82, 2.24) is 5.32 Å². The lowest BCUT2D eigenvalue weighted by Gasteiger charge is -2.31. The van der Waals surface area contributed by atoms with E-state index in [9.17, 15) is 22.8 Å². The molecule has 5 nitrogen and oxygen atoms in total. The first-order valence-electron chi connectivity index (χ1n) is 10.3. The van der Waals surface area contributed by atoms with Crippen molar-refractivity contribution in [2.24, 2.45) is 0 Å². The molecule has 2 N–H and O–H groups in total. The van der Waals surface area contributed by atoms with Gasteiger partial charge in [0, 0.05) is 20.0 Å². The van der Waals surface area contributed by atoms with Gasteiger partial charge in [0.25, 0.3) is 0 Å². The molecule has 1 fully saturated rings. The van der Waals surface area contributed by atoms with E-state index < -0.39 is 23.7 Å². The van der Waals surface area contributed by atoms with E-state index in [0.29, 0.717) is 5.69 Å². The fraction of sp³-hybridized carbons (Fsp3) is 0.391. The number of carbonyl (C=O) groups excluding carboxylic acids is 2. The molecule has 0 aromatic heterocycles. The topological polar surface area (TPSA) is 61.4 Å². The van der Waals surface area contributed by atoms with E-state index in [4.69, 9.17) is 0 Å². The zero-order valence-electron chi connectivity index (χ0n) is 17.3. The summed E-state index contributed by atoms with van der Waals surface area (Å²) in [5.74, 6) is -0.769. The van der Waals surface area contributed by atoms with Crippen molar-refractivity contribution in [3.05, 3.63) is 59.7 Å². The number of rotatable bonds is 6. The highest BCUT2D eigenvalue weighted by Crippen LogP contribution is 2.36. The number of hydrogen-bond acceptors (Lipinski definition) is 3. The highest BCUT2D eigenvalue weighted by molar-refractivity contribution is 5.95. The van der Waals surface area contributed by atoms with Gasteiger partial charge in [-0.2, -0.15) is 13.2 Å². The van der Waals surface area contributed by atoms with Gasteiger partial charge in [-0.05, 0) is 43.0 Å². The Labute approximate surface area is 179 Å². The molecule has 3 rings (SSSR count). The molecule has 0 aliphatic carbocycles. The lowest BCUT2D eigenvalue weighted by molar-refractivity contribution is -0.137. The molecule has 8 heteroatoms. The van der Waals surface area contributed by atoms with Gasteiger partial charge in [0.15, 0.2) is 0 Å². The lowest BCUT2D eigenvalue weighted by Crippen LogP contribution is -2.32. The summed E-state index contributed by atoms with van der Waals surface area (Å²) in [5.41, 5.74) is 0.645. The van der Waals surface area contributed by atoms with Crippen LogP contribution in [0.5, 0.6) is 0 Å². The molecule has 1 heterocycles. The minimum Gasteiger partial charge on any atom is -0.370 e. The number of benzene rings is 2. The van der Waals surface area contributed by atoms with Gasteiger partial charge in [-0.15, -0.1) is 0 Å². The molecule has 2 aromatic rings. The summed E-state index contributed by atoms with van der Waals surface area (Å²) in [7, 11) is 0. The van der Waals surface area contributed by atoms with Crippen LogP contribution in [0.4, 0.5) is 24.5 Å². The number of carbonyl (C=O) groups is 2. The van der Waals surface area contributed by atoms with E-state index >= 15 is 0 Å². The van der Waals surface area contributed by atoms with Crippen molar-refractivity contribution in [3.8, 4) is 0 Å². The van der Waals surface area contributed by atoms with Gasteiger partial charge in [0.2, 0.25) is 11.8 Å². The molecule has 1 unspecified atom stereocenters. The maximum atomic E-state index is 13.3. The monoisotopic (exact) mass is 433 g/mol. The third-order valence-electron chi connectivity index (χ3n) is 5.26. The predicted molar refractivity (Wildman–Crippen MR) is 114 cm³/mol. The van der Waals surface area contributed by atoms with Crippen LogP contribution < -0.4 is 15.5 Å². The zero-order valence-corrected chi connectivity index (χ0v) is 17.3. The Balaban J connectivity index is 1.84. The Bertz CT molecular complexity index is 910. The van der Waals surface area contributed by atoms with Crippen molar-refractivity contribution in [1.29, 1.82) is 0 Å². The number of nitrogens with zero attached hydrogens (tertiary/aromatic N) is 1. The molecule has 1 aliphatic heterocycles. The van der Waals surface area contributed by atoms with Crippen molar-refractivity contribution < 1.29 is 22.8 Å². The molecular formula is C23H26F3N3O2. The molecule has 0 radical (unpaired) electrons. The van der Waals surface area contributed by atoms with Crippen LogP contribution in [0.1, 0.15) is 49.8 Å². The molecule has 1 atom stereocenters. The fourth-order valence-electron chi connectivity index (χ4n) is 3.79. The van der Waals surface area contributed by atoms with Gasteiger partial charge in [-0.25, -0.2) is 0 Å². The predicted octanol–water partition coefficient (Wildman–Crippen LogP) is 4.90. The van der Waals surface area contributed by atoms with Crippen molar-refractivity contribution in [2.75, 3.05) is 23.3 Å². The van der Waals surface area contributed by atoms with Crippen LogP contribution in [-0.2, 0) is 15.8 Å². The van der Waals surface area contributed by atoms with E-state index in [0.717, 1.165) is 50.0 Å². The van der Waals surface area contributed by atoms with E-state index in [1.54, 1.807) is 24.3 Å². The largest absolute Gasteiger partial charge is 0.416 e. The molecule has 0 bridgehead atoms. The Morgan fingerprint density at radius 3 is 2.32 bits per heavy atom. The van der Waals surface area contributed by atoms with Crippen LogP contribution in [-0.4, -0.2) is 24.9 Å². The first-order valence-corrected chi connectivity index (χ1v) is 10.3. The third kappa shape index (κ3) is 6.23. The van der Waals surface area contributed by atoms with Gasteiger partial charge in [-0.1, -0.05) is 30.3 Å². The number of alkyl halides is 3. The van der Waals surface area contributed by atoms with Crippen LogP contribution in [0.25, 0.3) is 0 Å². The maximum absolute atomic E-state index is 13.3. The van der Waals surface area contributed by atoms with Crippen LogP contribution >= 0.6 is 0 Å². The summed E-state index contributed by atoms with van der Waals surface area (Å²) in [6.07, 6.45) is -1.63. The van der Waals surface area contributed by atoms with Gasteiger partial charge < -0.3 is 15.5 Å². The van der Waals surface area contributed by atoms with Crippen LogP contribution in [0, 0.1) is 0 Å². The standard InChI is InChI=1S/C23H26F3N3O2/c1-16(30)27-19(17-8-4-2-5-9-17)15-22(31)28-20-14-18(23(24,25)26)10-11-21(20)29-12-6-3-7-13-29/h2,4-5,8-11,14,19H,3,6-7,12-13,15H2,1H3,(H,27,30)(H,28,31). The average molecular weight is 433 g/mol. The van der Waals surface area contributed by atoms with E-state index in [1.165, 1.54) is 13.0 Å². The minimum atomic E-state index is -4.51. The van der Waals surface area contributed by atoms with E-state index in [1.807, 2.05) is 11.0 Å². The SMILES string of the molecule is CC(=O)NC(CC(=O)Nc1cc(C(F)(F)F)ccc1N1CCCCC1)c1ccccc1. The molecule has 31 heavy (non-hydrogen) atoms. The fourth-order valence-corrected chi connectivity index (χ4v) is 3.79. The van der Waals surface area contributed by atoms with Gasteiger partial charge in [-0.3, -0.25) is 9.59 Å². The summed E-state index contributed by atoms with van der Waals surface area (Å²) >= 11 is 0.